The summed E-state index contributed by atoms with van der Waals surface area (Å²) in [4.78, 5) is 0. The van der Waals surface area contributed by atoms with E-state index in [2.05, 4.69) is 62.1 Å². The van der Waals surface area contributed by atoms with E-state index in [9.17, 15) is 0 Å². The molecule has 172 valence electrons. The third kappa shape index (κ3) is 6.63. The van der Waals surface area contributed by atoms with E-state index >= 15 is 0 Å². The van der Waals surface area contributed by atoms with E-state index in [0.717, 1.165) is 6.61 Å². The molecule has 0 N–H and O–H groups in total. The lowest BCUT2D eigenvalue weighted by Crippen LogP contribution is -2.38. The zero-order chi connectivity index (χ0) is 22.3. The molecule has 0 bridgehead atoms. The van der Waals surface area contributed by atoms with Crippen molar-refractivity contribution in [1.29, 1.82) is 0 Å². The van der Waals surface area contributed by atoms with Crippen LogP contribution in [-0.2, 0) is 9.47 Å². The summed E-state index contributed by atoms with van der Waals surface area (Å²) in [7, 11) is 0.206. The van der Waals surface area contributed by atoms with Crippen molar-refractivity contribution in [2.24, 2.45) is 0 Å². The van der Waals surface area contributed by atoms with Gasteiger partial charge in [-0.1, -0.05) is 84.1 Å². The average Bonchev–Trinajstić information content (AvgIpc) is 2.88. The maximum absolute atomic E-state index is 6.03. The molecule has 2 nitrogen and oxygen atoms in total. The van der Waals surface area contributed by atoms with Gasteiger partial charge in [0.2, 0.25) is 0 Å². The molecule has 3 saturated heterocycles. The van der Waals surface area contributed by atoms with Crippen LogP contribution in [0.1, 0.15) is 108 Å². The normalized spacial score (nSPS) is 33.0. The molecule has 0 amide bonds. The lowest BCUT2D eigenvalue weighted by Gasteiger charge is -2.50. The van der Waals surface area contributed by atoms with E-state index in [1.54, 1.807) is 0 Å². The van der Waals surface area contributed by atoms with Crippen LogP contribution in [0.25, 0.3) is 0 Å². The van der Waals surface area contributed by atoms with Gasteiger partial charge in [-0.05, 0) is 73.0 Å². The van der Waals surface area contributed by atoms with Gasteiger partial charge >= 0.3 is 0 Å². The first-order valence-electron chi connectivity index (χ1n) is 11.8. The second-order valence-corrected chi connectivity index (χ2v) is 19.8. The van der Waals surface area contributed by atoms with Crippen molar-refractivity contribution in [3.63, 3.8) is 0 Å². The molecule has 4 heteroatoms. The Kier molecular flexibility index (Phi) is 8.05. The summed E-state index contributed by atoms with van der Waals surface area (Å²) in [5.41, 5.74) is 0. The highest BCUT2D eigenvalue weighted by Gasteiger charge is 2.46. The Morgan fingerprint density at radius 1 is 0.690 bits per heavy atom. The first-order valence-corrected chi connectivity index (χ1v) is 15.1. The third-order valence-corrected chi connectivity index (χ3v) is 16.1. The van der Waals surface area contributed by atoms with Crippen molar-refractivity contribution in [3.8, 4) is 0 Å². The Bertz CT molecular complexity index is 519. The molecule has 0 saturated carbocycles. The Balaban J connectivity index is 0.000000234. The molecule has 1 unspecified atom stereocenters. The molecular formula is C25H50O2P2. The lowest BCUT2D eigenvalue weighted by atomic mass is 9.98. The van der Waals surface area contributed by atoms with Crippen molar-refractivity contribution >= 4 is 15.8 Å². The van der Waals surface area contributed by atoms with E-state index in [-0.39, 0.29) is 21.6 Å². The van der Waals surface area contributed by atoms with Gasteiger partial charge < -0.3 is 9.47 Å². The van der Waals surface area contributed by atoms with Gasteiger partial charge in [-0.3, -0.25) is 0 Å². The SMILES string of the molecule is CC1(C)OCC(CP2C(C)(C)CCCC2(C)C)O1.CP1C(C)(C)CCCC1(C)C. The second-order valence-electron chi connectivity index (χ2n) is 12.6. The molecule has 0 radical (unpaired) electrons. The molecule has 3 rings (SSSR count). The number of hydrogen-bond acceptors (Lipinski definition) is 2. The molecule has 0 aromatic heterocycles. The minimum Gasteiger partial charge on any atom is -0.348 e. The lowest BCUT2D eigenvalue weighted by molar-refractivity contribution is -0.135. The molecule has 3 aliphatic rings. The Hall–Kier alpha value is 0.780. The predicted molar refractivity (Wildman–Crippen MR) is 134 cm³/mol. The second kappa shape index (κ2) is 8.96. The number of hydrogen-bond donors (Lipinski definition) is 0. The summed E-state index contributed by atoms with van der Waals surface area (Å²) in [6.07, 6.45) is 9.97. The van der Waals surface area contributed by atoms with Gasteiger partial charge in [0.25, 0.3) is 0 Å². The highest BCUT2D eigenvalue weighted by molar-refractivity contribution is 7.61. The van der Waals surface area contributed by atoms with E-state index in [1.807, 2.05) is 13.8 Å². The first kappa shape index (κ1) is 26.0. The first-order chi connectivity index (χ1) is 13.0. The quantitative estimate of drug-likeness (QED) is 0.400. The maximum atomic E-state index is 6.03. The van der Waals surface area contributed by atoms with Gasteiger partial charge in [0.15, 0.2) is 5.79 Å². The fraction of sp³-hybridized carbons (Fsp3) is 1.00. The Morgan fingerprint density at radius 2 is 1.10 bits per heavy atom. The van der Waals surface area contributed by atoms with Gasteiger partial charge in [0.05, 0.1) is 12.7 Å². The Morgan fingerprint density at radius 3 is 1.45 bits per heavy atom. The van der Waals surface area contributed by atoms with Crippen molar-refractivity contribution in [3.05, 3.63) is 0 Å². The largest absolute Gasteiger partial charge is 0.348 e. The van der Waals surface area contributed by atoms with Crippen LogP contribution in [0.2, 0.25) is 0 Å². The van der Waals surface area contributed by atoms with Crippen LogP contribution in [0.4, 0.5) is 0 Å². The Labute approximate surface area is 185 Å². The summed E-state index contributed by atoms with van der Waals surface area (Å²) in [6, 6.07) is 0. The monoisotopic (exact) mass is 444 g/mol. The van der Waals surface area contributed by atoms with Crippen LogP contribution in [0.5, 0.6) is 0 Å². The molecule has 0 aromatic carbocycles. The van der Waals surface area contributed by atoms with Gasteiger partial charge in [0.1, 0.15) is 0 Å². The van der Waals surface area contributed by atoms with Crippen LogP contribution >= 0.6 is 15.8 Å². The zero-order valence-electron chi connectivity index (χ0n) is 21.4. The van der Waals surface area contributed by atoms with Crippen LogP contribution in [0.3, 0.4) is 0 Å². The molecule has 29 heavy (non-hydrogen) atoms. The van der Waals surface area contributed by atoms with Crippen LogP contribution < -0.4 is 0 Å². The molecule has 3 heterocycles. The summed E-state index contributed by atoms with van der Waals surface area (Å²) >= 11 is 0. The summed E-state index contributed by atoms with van der Waals surface area (Å²) in [6.45, 7) is 26.9. The third-order valence-electron chi connectivity index (χ3n) is 7.89. The number of ether oxygens (including phenoxy) is 2. The average molecular weight is 445 g/mol. The molecule has 0 aliphatic carbocycles. The minimum absolute atomic E-state index is 0.0157. The molecule has 3 fully saturated rings. The van der Waals surface area contributed by atoms with Crippen molar-refractivity contribution in [2.45, 2.75) is 140 Å². The van der Waals surface area contributed by atoms with Gasteiger partial charge in [-0.2, -0.15) is 0 Å². The summed E-state index contributed by atoms with van der Waals surface area (Å²) in [5, 5.41) is 2.26. The summed E-state index contributed by atoms with van der Waals surface area (Å²) in [5.74, 6) is -0.371. The highest BCUT2D eigenvalue weighted by Crippen LogP contribution is 2.66. The van der Waals surface area contributed by atoms with E-state index in [1.165, 1.54) is 44.7 Å². The van der Waals surface area contributed by atoms with Gasteiger partial charge in [-0.25, -0.2) is 0 Å². The summed E-state index contributed by atoms with van der Waals surface area (Å²) < 4.78 is 11.8. The molecule has 0 spiro atoms. The van der Waals surface area contributed by atoms with Gasteiger partial charge in [0, 0.05) is 0 Å². The fourth-order valence-electron chi connectivity index (χ4n) is 5.70. The topological polar surface area (TPSA) is 18.5 Å². The van der Waals surface area contributed by atoms with E-state index in [4.69, 9.17) is 9.47 Å². The number of rotatable bonds is 2. The molecule has 1 atom stereocenters. The smallest absolute Gasteiger partial charge is 0.163 e. The highest BCUT2D eigenvalue weighted by atomic mass is 31.1. The van der Waals surface area contributed by atoms with E-state index in [0.29, 0.717) is 26.7 Å². The van der Waals surface area contributed by atoms with Gasteiger partial charge in [-0.15, -0.1) is 0 Å². The van der Waals surface area contributed by atoms with Crippen molar-refractivity contribution < 1.29 is 9.47 Å². The maximum Gasteiger partial charge on any atom is 0.163 e. The van der Waals surface area contributed by atoms with Crippen LogP contribution in [0, 0.1) is 0 Å². The van der Waals surface area contributed by atoms with Crippen molar-refractivity contribution in [1.82, 2.24) is 0 Å². The standard InChI is InChI=1S/C15H29O2P.C10H21P/c1-13(2)8-7-9-14(3,4)18(13)11-12-10-16-15(5,6)17-12;1-9(2)7-6-8-10(3,4)11(9)5/h12H,7-11H2,1-6H3;6-8H2,1-5H3. The zero-order valence-corrected chi connectivity index (χ0v) is 23.2. The van der Waals surface area contributed by atoms with Crippen LogP contribution in [-0.4, -0.2) is 51.9 Å². The minimum atomic E-state index is -0.371. The fourth-order valence-corrected chi connectivity index (χ4v) is 12.4. The predicted octanol–water partition coefficient (Wildman–Crippen LogP) is 8.20. The molecular weight excluding hydrogens is 394 g/mol. The van der Waals surface area contributed by atoms with Crippen LogP contribution in [0.15, 0.2) is 0 Å². The molecule has 3 aliphatic heterocycles. The van der Waals surface area contributed by atoms with Crippen molar-refractivity contribution in [2.75, 3.05) is 19.4 Å². The molecule has 0 aromatic rings. The van der Waals surface area contributed by atoms with E-state index < -0.39 is 0 Å².